The third-order valence-electron chi connectivity index (χ3n) is 11.9. The van der Waals surface area contributed by atoms with E-state index in [2.05, 4.69) is 65.4 Å². The molecule has 2 N–H and O–H groups in total. The highest BCUT2D eigenvalue weighted by molar-refractivity contribution is 6.11. The molecule has 10 heteroatoms. The summed E-state index contributed by atoms with van der Waals surface area (Å²) in [5, 5.41) is 12.3. The zero-order valence-corrected chi connectivity index (χ0v) is 35.0. The van der Waals surface area contributed by atoms with Gasteiger partial charge in [-0.2, -0.15) is 0 Å². The number of carbonyl (C=O) groups is 4. The lowest BCUT2D eigenvalue weighted by atomic mass is 9.88. The summed E-state index contributed by atoms with van der Waals surface area (Å²) in [6.45, 7) is 11.6. The van der Waals surface area contributed by atoms with Crippen molar-refractivity contribution in [3.63, 3.8) is 0 Å². The Labute approximate surface area is 349 Å². The van der Waals surface area contributed by atoms with Crippen molar-refractivity contribution in [3.8, 4) is 11.5 Å². The molecule has 2 atom stereocenters. The van der Waals surface area contributed by atoms with E-state index in [0.717, 1.165) is 123 Å². The van der Waals surface area contributed by atoms with Gasteiger partial charge in [-0.1, -0.05) is 67.1 Å². The number of hydrogen-bond acceptors (Lipinski definition) is 8. The van der Waals surface area contributed by atoms with Crippen molar-refractivity contribution in [1.29, 1.82) is 0 Å². The van der Waals surface area contributed by atoms with Crippen molar-refractivity contribution in [3.05, 3.63) is 119 Å². The monoisotopic (exact) mass is 800 g/mol. The van der Waals surface area contributed by atoms with E-state index in [1.54, 1.807) is 18.2 Å². The van der Waals surface area contributed by atoms with Crippen LogP contribution in [0.25, 0.3) is 11.1 Å². The molecule has 0 aliphatic carbocycles. The topological polar surface area (TPSA) is 119 Å². The Morgan fingerprint density at radius 1 is 0.780 bits per heavy atom. The number of benzene rings is 3. The number of nitrogens with zero attached hydrogens (tertiary/aromatic N) is 3. The molecule has 6 rings (SSSR count). The SMILES string of the molecule is CC/C(=C(\c1ccc(O)cc1)c1ccc(OCCCCCN2CCN(C(C)/C3=C/C(=O)N(C4CCC(=O)NC4=O)C(=O)/C=C(/C)CCCC3)CC2)cc1)c1ccccc1. The van der Waals surface area contributed by atoms with Gasteiger partial charge < -0.3 is 14.7 Å². The quantitative estimate of drug-likeness (QED) is 0.0960. The number of amides is 4. The van der Waals surface area contributed by atoms with Gasteiger partial charge in [-0.25, -0.2) is 0 Å². The molecule has 10 nitrogen and oxygen atoms in total. The Morgan fingerprint density at radius 3 is 2.12 bits per heavy atom. The van der Waals surface area contributed by atoms with Gasteiger partial charge in [0.25, 0.3) is 11.8 Å². The maximum absolute atomic E-state index is 13.8. The lowest BCUT2D eigenvalue weighted by Crippen LogP contribution is -2.55. The Morgan fingerprint density at radius 2 is 1.44 bits per heavy atom. The highest BCUT2D eigenvalue weighted by Crippen LogP contribution is 2.35. The van der Waals surface area contributed by atoms with E-state index in [4.69, 9.17) is 4.74 Å². The van der Waals surface area contributed by atoms with Gasteiger partial charge in [0.15, 0.2) is 0 Å². The van der Waals surface area contributed by atoms with Gasteiger partial charge in [0.1, 0.15) is 17.5 Å². The van der Waals surface area contributed by atoms with Crippen molar-refractivity contribution in [2.24, 2.45) is 0 Å². The highest BCUT2D eigenvalue weighted by Gasteiger charge is 2.37. The molecule has 2 fully saturated rings. The number of ether oxygens (including phenoxy) is 1. The van der Waals surface area contributed by atoms with Crippen molar-refractivity contribution < 1.29 is 29.0 Å². The van der Waals surface area contributed by atoms with E-state index in [1.165, 1.54) is 17.2 Å². The number of allylic oxidation sites excluding steroid dienone is 2. The van der Waals surface area contributed by atoms with Crippen LogP contribution in [-0.2, 0) is 19.2 Å². The summed E-state index contributed by atoms with van der Waals surface area (Å²) in [5.74, 6) is -0.863. The first kappa shape index (κ1) is 43.3. The number of unbranched alkanes of at least 4 members (excludes halogenated alkanes) is 2. The van der Waals surface area contributed by atoms with Crippen LogP contribution in [0.2, 0.25) is 0 Å². The minimum Gasteiger partial charge on any atom is -0.508 e. The summed E-state index contributed by atoms with van der Waals surface area (Å²) in [6, 6.07) is 25.3. The third-order valence-corrected chi connectivity index (χ3v) is 11.9. The van der Waals surface area contributed by atoms with Crippen molar-refractivity contribution >= 4 is 34.8 Å². The van der Waals surface area contributed by atoms with Gasteiger partial charge in [-0.05, 0) is 136 Å². The fraction of sp³-hybridized carbons (Fsp3) is 0.429. The van der Waals surface area contributed by atoms with E-state index in [1.807, 2.05) is 37.3 Å². The predicted molar refractivity (Wildman–Crippen MR) is 232 cm³/mol. The first-order valence-corrected chi connectivity index (χ1v) is 21.5. The molecule has 0 aromatic heterocycles. The normalized spacial score (nSPS) is 21.7. The van der Waals surface area contributed by atoms with Crippen molar-refractivity contribution in [2.75, 3.05) is 39.3 Å². The van der Waals surface area contributed by atoms with Crippen molar-refractivity contribution in [1.82, 2.24) is 20.0 Å². The summed E-state index contributed by atoms with van der Waals surface area (Å²) >= 11 is 0. The molecule has 0 spiro atoms. The largest absolute Gasteiger partial charge is 0.508 e. The average molecular weight is 801 g/mol. The number of carbonyl (C=O) groups excluding carboxylic acids is 4. The van der Waals surface area contributed by atoms with Gasteiger partial charge in [0.05, 0.1) is 6.61 Å². The van der Waals surface area contributed by atoms with Crippen LogP contribution in [0.3, 0.4) is 0 Å². The second-order valence-electron chi connectivity index (χ2n) is 16.0. The van der Waals surface area contributed by atoms with Crippen LogP contribution >= 0.6 is 0 Å². The van der Waals surface area contributed by atoms with Crippen LogP contribution in [0.5, 0.6) is 11.5 Å². The Balaban J connectivity index is 0.972. The molecule has 0 saturated carbocycles. The maximum Gasteiger partial charge on any atom is 0.254 e. The molecule has 3 aliphatic heterocycles. The third kappa shape index (κ3) is 11.7. The van der Waals surface area contributed by atoms with E-state index in [9.17, 15) is 24.3 Å². The molecule has 312 valence electrons. The Hall–Kier alpha value is -5.32. The number of aromatic hydroxyl groups is 1. The molecule has 3 aliphatic rings. The minimum atomic E-state index is -0.999. The number of piperazine rings is 1. The molecular formula is C49H60N4O6. The van der Waals surface area contributed by atoms with Crippen LogP contribution < -0.4 is 10.1 Å². The molecule has 4 amide bonds. The van der Waals surface area contributed by atoms with Crippen LogP contribution in [0.1, 0.15) is 102 Å². The smallest absolute Gasteiger partial charge is 0.254 e. The number of hydrogen-bond donors (Lipinski definition) is 2. The summed E-state index contributed by atoms with van der Waals surface area (Å²) in [5.41, 5.74) is 7.61. The number of phenols is 1. The van der Waals surface area contributed by atoms with Crippen molar-refractivity contribution in [2.45, 2.75) is 97.1 Å². The Bertz CT molecular complexity index is 2010. The van der Waals surface area contributed by atoms with E-state index in [-0.39, 0.29) is 30.5 Å². The molecule has 2 saturated heterocycles. The lowest BCUT2D eigenvalue weighted by molar-refractivity contribution is -0.150. The second-order valence-corrected chi connectivity index (χ2v) is 16.0. The summed E-state index contributed by atoms with van der Waals surface area (Å²) in [4.78, 5) is 57.7. The lowest BCUT2D eigenvalue weighted by Gasteiger charge is -2.39. The van der Waals surface area contributed by atoms with Crippen LogP contribution in [0, 0.1) is 0 Å². The Kier molecular flexibility index (Phi) is 15.5. The number of rotatable bonds is 14. The fourth-order valence-electron chi connectivity index (χ4n) is 8.50. The number of piperidine rings is 1. The summed E-state index contributed by atoms with van der Waals surface area (Å²) in [7, 11) is 0. The summed E-state index contributed by atoms with van der Waals surface area (Å²) < 4.78 is 6.17. The van der Waals surface area contributed by atoms with E-state index in [0.29, 0.717) is 6.61 Å². The minimum absolute atomic E-state index is 0.0221. The number of nitrogens with one attached hydrogen (secondary N) is 1. The van der Waals surface area contributed by atoms with Crippen LogP contribution in [0.4, 0.5) is 0 Å². The molecule has 0 bridgehead atoms. The molecule has 3 aromatic rings. The molecule has 2 unspecified atom stereocenters. The van der Waals surface area contributed by atoms with Gasteiger partial charge in [-0.3, -0.25) is 34.3 Å². The first-order valence-electron chi connectivity index (χ1n) is 21.5. The van der Waals surface area contributed by atoms with E-state index < -0.39 is 23.8 Å². The predicted octanol–water partition coefficient (Wildman–Crippen LogP) is 7.92. The fourth-order valence-corrected chi connectivity index (χ4v) is 8.50. The zero-order chi connectivity index (χ0) is 41.7. The molecular weight excluding hydrogens is 741 g/mol. The second kappa shape index (κ2) is 21.1. The van der Waals surface area contributed by atoms with Crippen LogP contribution in [0.15, 0.2) is 102 Å². The maximum atomic E-state index is 13.8. The van der Waals surface area contributed by atoms with Gasteiger partial charge in [0, 0.05) is 50.8 Å². The zero-order valence-electron chi connectivity index (χ0n) is 35.0. The molecule has 3 heterocycles. The average Bonchev–Trinajstić information content (AvgIpc) is 3.26. The first-order chi connectivity index (χ1) is 28.6. The van der Waals surface area contributed by atoms with E-state index >= 15 is 0 Å². The summed E-state index contributed by atoms with van der Waals surface area (Å²) in [6.07, 6.45) is 10.6. The van der Waals surface area contributed by atoms with Crippen LogP contribution in [-0.4, -0.2) is 94.8 Å². The van der Waals surface area contributed by atoms with Gasteiger partial charge >= 0.3 is 0 Å². The van der Waals surface area contributed by atoms with Gasteiger partial charge in [-0.15, -0.1) is 0 Å². The molecule has 3 aromatic carbocycles. The molecule has 59 heavy (non-hydrogen) atoms. The highest BCUT2D eigenvalue weighted by atomic mass is 16.5. The molecule has 0 radical (unpaired) electrons. The standard InChI is InChI=1S/C49H60N4O6/c1-4-43(37-14-7-5-8-15-37)48(38-17-21-41(54)22-18-38)39-19-23-42(24-20-39)59-32-12-6-11-27-51-28-30-52(31-29-51)36(3)40-16-10-9-13-35(2)33-46(56)53(47(57)34-40)44-25-26-45(55)50-49(44)58/h5,7-8,14-15,17-24,33-34,36,44,54H,4,6,9-13,16,25-32H2,1-3H3,(H,50,55,58)/b35-33-,40-34+,48-43-. The van der Waals surface area contributed by atoms with Gasteiger partial charge in [0.2, 0.25) is 11.8 Å². The number of imide groups is 2. The number of phenolic OH excluding ortho intramolecular Hbond substituents is 1.